The van der Waals surface area contributed by atoms with E-state index >= 15 is 0 Å². The molecule has 7 nitrogen and oxygen atoms in total. The molecule has 1 aliphatic heterocycles. The molecule has 1 saturated carbocycles. The van der Waals surface area contributed by atoms with Gasteiger partial charge in [-0.2, -0.15) is 0 Å². The Morgan fingerprint density at radius 2 is 1.74 bits per heavy atom. The maximum atomic E-state index is 11.9. The van der Waals surface area contributed by atoms with Crippen molar-refractivity contribution in [3.63, 3.8) is 0 Å². The smallest absolute Gasteiger partial charge is 0.251 e. The number of hydrogen-bond donors (Lipinski definition) is 3. The number of nitrogens with zero attached hydrogens (tertiary/aromatic N) is 2. The third kappa shape index (κ3) is 7.32. The van der Waals surface area contributed by atoms with Crippen LogP contribution in [0.4, 0.5) is 0 Å². The van der Waals surface area contributed by atoms with Gasteiger partial charge in [0.25, 0.3) is 5.91 Å². The SMILES string of the molecule is CCNC(=O)c1ccc(CNC(=NC)NCC2(N3CCOCC3)CCCCC2)cc1.I. The Labute approximate surface area is 203 Å². The second-order valence-electron chi connectivity index (χ2n) is 8.22. The number of benzene rings is 1. The molecule has 0 radical (unpaired) electrons. The van der Waals surface area contributed by atoms with Crippen molar-refractivity contribution in [3.8, 4) is 0 Å². The summed E-state index contributed by atoms with van der Waals surface area (Å²) in [6.07, 6.45) is 6.40. The minimum absolute atomic E-state index is 0. The van der Waals surface area contributed by atoms with Gasteiger partial charge >= 0.3 is 0 Å². The lowest BCUT2D eigenvalue weighted by molar-refractivity contribution is -0.0352. The largest absolute Gasteiger partial charge is 0.379 e. The maximum absolute atomic E-state index is 11.9. The van der Waals surface area contributed by atoms with E-state index in [9.17, 15) is 4.79 Å². The number of guanidine groups is 1. The normalized spacial score (nSPS) is 19.2. The monoisotopic (exact) mass is 543 g/mol. The molecule has 0 unspecified atom stereocenters. The zero-order valence-corrected chi connectivity index (χ0v) is 21.2. The van der Waals surface area contributed by atoms with E-state index in [4.69, 9.17) is 4.74 Å². The highest BCUT2D eigenvalue weighted by atomic mass is 127. The number of carbonyl (C=O) groups excluding carboxylic acids is 1. The van der Waals surface area contributed by atoms with Gasteiger partial charge in [-0.05, 0) is 37.5 Å². The van der Waals surface area contributed by atoms with Crippen molar-refractivity contribution in [2.45, 2.75) is 51.1 Å². The molecule has 31 heavy (non-hydrogen) atoms. The van der Waals surface area contributed by atoms with Crippen molar-refractivity contribution in [2.24, 2.45) is 4.99 Å². The van der Waals surface area contributed by atoms with Crippen molar-refractivity contribution in [1.29, 1.82) is 0 Å². The van der Waals surface area contributed by atoms with E-state index in [2.05, 4.69) is 25.8 Å². The Morgan fingerprint density at radius 1 is 1.06 bits per heavy atom. The Bertz CT molecular complexity index is 698. The van der Waals surface area contributed by atoms with Crippen LogP contribution in [0.2, 0.25) is 0 Å². The molecule has 3 rings (SSSR count). The molecule has 1 aromatic rings. The molecule has 8 heteroatoms. The molecule has 174 valence electrons. The van der Waals surface area contributed by atoms with E-state index in [-0.39, 0.29) is 35.4 Å². The molecule has 1 aromatic carbocycles. The van der Waals surface area contributed by atoms with E-state index in [1.165, 1.54) is 32.1 Å². The molecule has 0 bridgehead atoms. The summed E-state index contributed by atoms with van der Waals surface area (Å²) in [7, 11) is 1.82. The van der Waals surface area contributed by atoms with Crippen LogP contribution >= 0.6 is 24.0 Å². The van der Waals surface area contributed by atoms with Crippen molar-refractivity contribution in [2.75, 3.05) is 46.4 Å². The third-order valence-electron chi connectivity index (χ3n) is 6.29. The van der Waals surface area contributed by atoms with Gasteiger partial charge in [0, 0.05) is 50.9 Å². The number of hydrogen-bond acceptors (Lipinski definition) is 4. The van der Waals surface area contributed by atoms with Crippen LogP contribution in [0.1, 0.15) is 54.9 Å². The fourth-order valence-electron chi connectivity index (χ4n) is 4.54. The summed E-state index contributed by atoms with van der Waals surface area (Å²) in [5.41, 5.74) is 2.01. The number of ether oxygens (including phenoxy) is 1. The van der Waals surface area contributed by atoms with E-state index in [1.807, 2.05) is 38.2 Å². The van der Waals surface area contributed by atoms with Gasteiger partial charge < -0.3 is 20.7 Å². The Hall–Kier alpha value is -1.39. The predicted molar refractivity (Wildman–Crippen MR) is 136 cm³/mol. The summed E-state index contributed by atoms with van der Waals surface area (Å²) >= 11 is 0. The van der Waals surface area contributed by atoms with Gasteiger partial charge in [0.2, 0.25) is 0 Å². The molecular formula is C23H38IN5O2. The van der Waals surface area contributed by atoms with E-state index in [1.54, 1.807) is 0 Å². The molecule has 0 spiro atoms. The van der Waals surface area contributed by atoms with Crippen LogP contribution in [0.5, 0.6) is 0 Å². The number of morpholine rings is 1. The molecular weight excluding hydrogens is 505 g/mol. The van der Waals surface area contributed by atoms with Crippen LogP contribution in [0.3, 0.4) is 0 Å². The molecule has 1 heterocycles. The molecule has 1 aliphatic carbocycles. The van der Waals surface area contributed by atoms with Crippen molar-refractivity contribution < 1.29 is 9.53 Å². The maximum Gasteiger partial charge on any atom is 0.251 e. The first-order valence-corrected chi connectivity index (χ1v) is 11.3. The first-order chi connectivity index (χ1) is 14.7. The van der Waals surface area contributed by atoms with E-state index < -0.39 is 0 Å². The first kappa shape index (κ1) is 25.9. The van der Waals surface area contributed by atoms with Crippen LogP contribution in [0.15, 0.2) is 29.3 Å². The van der Waals surface area contributed by atoms with Crippen molar-refractivity contribution in [3.05, 3.63) is 35.4 Å². The quantitative estimate of drug-likeness (QED) is 0.280. The number of halogens is 1. The topological polar surface area (TPSA) is 78.0 Å². The average molecular weight is 543 g/mol. The van der Waals surface area contributed by atoms with Crippen LogP contribution in [-0.2, 0) is 11.3 Å². The van der Waals surface area contributed by atoms with E-state index in [0.29, 0.717) is 18.7 Å². The van der Waals surface area contributed by atoms with Crippen LogP contribution in [0, 0.1) is 0 Å². The number of nitrogens with one attached hydrogen (secondary N) is 3. The van der Waals surface area contributed by atoms with Gasteiger partial charge in [-0.3, -0.25) is 14.7 Å². The average Bonchev–Trinajstić information content (AvgIpc) is 2.81. The lowest BCUT2D eigenvalue weighted by Crippen LogP contribution is -2.60. The first-order valence-electron chi connectivity index (χ1n) is 11.3. The Balaban J connectivity index is 0.00000341. The number of rotatable bonds is 7. The highest BCUT2D eigenvalue weighted by molar-refractivity contribution is 14.0. The second-order valence-corrected chi connectivity index (χ2v) is 8.22. The second kappa shape index (κ2) is 13.2. The summed E-state index contributed by atoms with van der Waals surface area (Å²) in [6.45, 7) is 7.84. The standard InChI is InChI=1S/C23H37N5O2.HI/c1-3-25-21(29)20-9-7-19(8-10-20)17-26-22(24-2)27-18-23(11-5-4-6-12-23)28-13-15-30-16-14-28;/h7-10H,3-6,11-18H2,1-2H3,(H,25,29)(H2,24,26,27);1H. The molecule has 0 aromatic heterocycles. The molecule has 1 saturated heterocycles. The van der Waals surface area contributed by atoms with Gasteiger partial charge in [0.15, 0.2) is 5.96 Å². The van der Waals surface area contributed by atoms with E-state index in [0.717, 1.165) is 44.4 Å². The third-order valence-corrected chi connectivity index (χ3v) is 6.29. The Kier molecular flexibility index (Phi) is 11.0. The van der Waals surface area contributed by atoms with Gasteiger partial charge in [-0.1, -0.05) is 31.4 Å². The van der Waals surface area contributed by atoms with Gasteiger partial charge in [-0.15, -0.1) is 24.0 Å². The van der Waals surface area contributed by atoms with Gasteiger partial charge in [-0.25, -0.2) is 0 Å². The minimum atomic E-state index is -0.0321. The zero-order valence-electron chi connectivity index (χ0n) is 18.9. The van der Waals surface area contributed by atoms with Crippen LogP contribution in [-0.4, -0.2) is 68.7 Å². The molecule has 3 N–H and O–H groups in total. The van der Waals surface area contributed by atoms with Gasteiger partial charge in [0.05, 0.1) is 13.2 Å². The Morgan fingerprint density at radius 3 is 2.35 bits per heavy atom. The molecule has 2 fully saturated rings. The number of carbonyl (C=O) groups is 1. The number of amides is 1. The highest BCUT2D eigenvalue weighted by Crippen LogP contribution is 2.33. The zero-order chi connectivity index (χ0) is 21.2. The summed E-state index contributed by atoms with van der Waals surface area (Å²) in [5, 5.41) is 9.82. The summed E-state index contributed by atoms with van der Waals surface area (Å²) in [4.78, 5) is 19.0. The minimum Gasteiger partial charge on any atom is -0.379 e. The van der Waals surface area contributed by atoms with Crippen LogP contribution in [0.25, 0.3) is 0 Å². The fraction of sp³-hybridized carbons (Fsp3) is 0.652. The van der Waals surface area contributed by atoms with Crippen molar-refractivity contribution >= 4 is 35.8 Å². The highest BCUT2D eigenvalue weighted by Gasteiger charge is 2.38. The fourth-order valence-corrected chi connectivity index (χ4v) is 4.54. The molecule has 1 amide bonds. The number of aliphatic imine (C=N–C) groups is 1. The van der Waals surface area contributed by atoms with Crippen LogP contribution < -0.4 is 16.0 Å². The lowest BCUT2D eigenvalue weighted by atomic mass is 9.80. The predicted octanol–water partition coefficient (Wildman–Crippen LogP) is 2.75. The molecule has 0 atom stereocenters. The summed E-state index contributed by atoms with van der Waals surface area (Å²) in [6, 6.07) is 7.71. The summed E-state index contributed by atoms with van der Waals surface area (Å²) < 4.78 is 5.58. The van der Waals surface area contributed by atoms with Gasteiger partial charge in [0.1, 0.15) is 0 Å². The molecule has 2 aliphatic rings. The summed E-state index contributed by atoms with van der Waals surface area (Å²) in [5.74, 6) is 0.788. The van der Waals surface area contributed by atoms with Crippen molar-refractivity contribution in [1.82, 2.24) is 20.9 Å². The lowest BCUT2D eigenvalue weighted by Gasteiger charge is -2.48.